The molecule has 0 saturated carbocycles. The fraction of sp³-hybridized carbons (Fsp3) is 0.353. The highest BCUT2D eigenvalue weighted by Crippen LogP contribution is 2.30. The number of benzene rings is 1. The van der Waals surface area contributed by atoms with Crippen molar-refractivity contribution in [3.63, 3.8) is 0 Å². The van der Waals surface area contributed by atoms with Gasteiger partial charge < -0.3 is 10.6 Å². The molecular formula is C17H20N2OS. The number of aryl methyl sites for hydroxylation is 1. The first-order chi connectivity index (χ1) is 10.1. The number of hydrogen-bond donors (Lipinski definition) is 1. The third-order valence-electron chi connectivity index (χ3n) is 4.05. The van der Waals surface area contributed by atoms with E-state index in [0.717, 1.165) is 41.9 Å². The van der Waals surface area contributed by atoms with Crippen LogP contribution in [0.5, 0.6) is 0 Å². The first-order valence-corrected chi connectivity index (χ1v) is 8.22. The van der Waals surface area contributed by atoms with Crippen molar-refractivity contribution in [1.82, 2.24) is 4.90 Å². The molecule has 1 aliphatic heterocycles. The fourth-order valence-electron chi connectivity index (χ4n) is 2.68. The van der Waals surface area contributed by atoms with E-state index in [1.807, 2.05) is 16.3 Å². The lowest BCUT2D eigenvalue weighted by molar-refractivity contribution is 0.0720. The Morgan fingerprint density at radius 2 is 1.86 bits per heavy atom. The second-order valence-electron chi connectivity index (χ2n) is 5.66. The van der Waals surface area contributed by atoms with E-state index < -0.39 is 0 Å². The first-order valence-electron chi connectivity index (χ1n) is 7.34. The van der Waals surface area contributed by atoms with Gasteiger partial charge in [0.2, 0.25) is 0 Å². The summed E-state index contributed by atoms with van der Waals surface area (Å²) in [5, 5.41) is 2.00. The molecular weight excluding hydrogens is 280 g/mol. The van der Waals surface area contributed by atoms with E-state index >= 15 is 0 Å². The van der Waals surface area contributed by atoms with Gasteiger partial charge in [0.15, 0.2) is 0 Å². The highest BCUT2D eigenvalue weighted by Gasteiger charge is 2.24. The minimum absolute atomic E-state index is 0.146. The van der Waals surface area contributed by atoms with Crippen LogP contribution < -0.4 is 5.73 Å². The molecule has 1 fully saturated rings. The van der Waals surface area contributed by atoms with Crippen molar-refractivity contribution in [3.05, 3.63) is 46.2 Å². The van der Waals surface area contributed by atoms with Crippen LogP contribution in [0.25, 0.3) is 11.1 Å². The summed E-state index contributed by atoms with van der Waals surface area (Å²) in [6.07, 6.45) is 1.80. The van der Waals surface area contributed by atoms with Gasteiger partial charge in [0, 0.05) is 24.7 Å². The zero-order chi connectivity index (χ0) is 14.8. The predicted octanol–water partition coefficient (Wildman–Crippen LogP) is 3.29. The number of amides is 1. The Morgan fingerprint density at radius 3 is 2.52 bits per heavy atom. The lowest BCUT2D eigenvalue weighted by atomic mass is 10.0. The summed E-state index contributed by atoms with van der Waals surface area (Å²) < 4.78 is 0. The molecule has 0 atom stereocenters. The number of likely N-dealkylation sites (tertiary alicyclic amines) is 1. The zero-order valence-corrected chi connectivity index (χ0v) is 13.0. The fourth-order valence-corrected chi connectivity index (χ4v) is 3.56. The molecule has 2 N–H and O–H groups in total. The van der Waals surface area contributed by atoms with Crippen molar-refractivity contribution in [2.75, 3.05) is 13.1 Å². The average molecular weight is 300 g/mol. The van der Waals surface area contributed by atoms with Crippen LogP contribution in [0.1, 0.15) is 28.1 Å². The van der Waals surface area contributed by atoms with Gasteiger partial charge in [0.05, 0.1) is 4.88 Å². The summed E-state index contributed by atoms with van der Waals surface area (Å²) in [4.78, 5) is 15.5. The predicted molar refractivity (Wildman–Crippen MR) is 87.6 cm³/mol. The molecule has 1 saturated heterocycles. The number of piperidine rings is 1. The monoisotopic (exact) mass is 300 g/mol. The van der Waals surface area contributed by atoms with E-state index in [1.54, 1.807) is 0 Å². The molecule has 110 valence electrons. The second kappa shape index (κ2) is 6.00. The largest absolute Gasteiger partial charge is 0.338 e. The van der Waals surface area contributed by atoms with Gasteiger partial charge in [-0.25, -0.2) is 0 Å². The first kappa shape index (κ1) is 14.3. The lowest BCUT2D eigenvalue weighted by Gasteiger charge is -2.30. The minimum atomic E-state index is 0.146. The molecule has 3 nitrogen and oxygen atoms in total. The van der Waals surface area contributed by atoms with Crippen LogP contribution in [0.4, 0.5) is 0 Å². The van der Waals surface area contributed by atoms with E-state index in [0.29, 0.717) is 0 Å². The molecule has 2 heterocycles. The van der Waals surface area contributed by atoms with E-state index in [2.05, 4.69) is 31.2 Å². The van der Waals surface area contributed by atoms with E-state index in [4.69, 9.17) is 5.73 Å². The summed E-state index contributed by atoms with van der Waals surface area (Å²) in [5.41, 5.74) is 9.30. The van der Waals surface area contributed by atoms with Gasteiger partial charge in [-0.2, -0.15) is 0 Å². The van der Waals surface area contributed by atoms with Crippen LogP contribution >= 0.6 is 11.3 Å². The Hall–Kier alpha value is -1.65. The third kappa shape index (κ3) is 3.01. The van der Waals surface area contributed by atoms with E-state index in [-0.39, 0.29) is 11.9 Å². The van der Waals surface area contributed by atoms with Gasteiger partial charge in [-0.05, 0) is 36.8 Å². The number of nitrogens with two attached hydrogens (primary N) is 1. The summed E-state index contributed by atoms with van der Waals surface area (Å²) in [6, 6.07) is 10.6. The topological polar surface area (TPSA) is 46.3 Å². The van der Waals surface area contributed by atoms with Gasteiger partial charge in [0.1, 0.15) is 0 Å². The number of hydrogen-bond acceptors (Lipinski definition) is 3. The molecule has 1 amide bonds. The molecule has 4 heteroatoms. The zero-order valence-electron chi connectivity index (χ0n) is 12.2. The van der Waals surface area contributed by atoms with Crippen LogP contribution in [0.15, 0.2) is 35.7 Å². The minimum Gasteiger partial charge on any atom is -0.338 e. The number of nitrogens with zero attached hydrogens (tertiary/aromatic N) is 1. The van der Waals surface area contributed by atoms with Crippen LogP contribution in [-0.4, -0.2) is 29.9 Å². The maximum Gasteiger partial charge on any atom is 0.264 e. The molecule has 3 rings (SSSR count). The van der Waals surface area contributed by atoms with Gasteiger partial charge in [-0.15, -0.1) is 11.3 Å². The van der Waals surface area contributed by atoms with Gasteiger partial charge in [0.25, 0.3) is 5.91 Å². The molecule has 1 aromatic heterocycles. The maximum absolute atomic E-state index is 12.7. The average Bonchev–Trinajstić information content (AvgIpc) is 2.97. The summed E-state index contributed by atoms with van der Waals surface area (Å²) in [5.74, 6) is 0.146. The number of thiophene rings is 1. The maximum atomic E-state index is 12.7. The van der Waals surface area contributed by atoms with Crippen LogP contribution in [0.2, 0.25) is 0 Å². The smallest absolute Gasteiger partial charge is 0.264 e. The molecule has 0 aliphatic carbocycles. The van der Waals surface area contributed by atoms with Gasteiger partial charge in [-0.3, -0.25) is 4.79 Å². The van der Waals surface area contributed by atoms with E-state index in [9.17, 15) is 4.79 Å². The van der Waals surface area contributed by atoms with Crippen LogP contribution in [0.3, 0.4) is 0 Å². The molecule has 1 aromatic carbocycles. The second-order valence-corrected chi connectivity index (χ2v) is 6.58. The number of rotatable bonds is 2. The van der Waals surface area contributed by atoms with Gasteiger partial charge >= 0.3 is 0 Å². The lowest BCUT2D eigenvalue weighted by Crippen LogP contribution is -2.42. The Labute approximate surface area is 129 Å². The van der Waals surface area contributed by atoms with Crippen LogP contribution in [0, 0.1) is 6.92 Å². The quantitative estimate of drug-likeness (QED) is 0.925. The van der Waals surface area contributed by atoms with Crippen molar-refractivity contribution >= 4 is 17.2 Å². The molecule has 1 aliphatic rings. The highest BCUT2D eigenvalue weighted by atomic mass is 32.1. The highest BCUT2D eigenvalue weighted by molar-refractivity contribution is 7.12. The van der Waals surface area contributed by atoms with Crippen molar-refractivity contribution in [1.29, 1.82) is 0 Å². The molecule has 21 heavy (non-hydrogen) atoms. The van der Waals surface area contributed by atoms with Crippen molar-refractivity contribution in [2.45, 2.75) is 25.8 Å². The molecule has 0 radical (unpaired) electrons. The standard InChI is InChI=1S/C17H20N2OS/c1-12-2-4-13(5-3-12)15-8-11-21-16(15)17(20)19-9-6-14(18)7-10-19/h2-5,8,11,14H,6-7,9-10,18H2,1H3. The molecule has 0 bridgehead atoms. The van der Waals surface area contributed by atoms with Crippen LogP contribution in [-0.2, 0) is 0 Å². The Balaban J connectivity index is 1.85. The van der Waals surface area contributed by atoms with Crippen molar-refractivity contribution < 1.29 is 4.79 Å². The third-order valence-corrected chi connectivity index (χ3v) is 4.95. The van der Waals surface area contributed by atoms with Crippen molar-refractivity contribution in [2.24, 2.45) is 5.73 Å². The molecule has 0 spiro atoms. The normalized spacial score (nSPS) is 16.2. The Bertz CT molecular complexity index is 624. The number of carbonyl (C=O) groups excluding carboxylic acids is 1. The van der Waals surface area contributed by atoms with Gasteiger partial charge in [-0.1, -0.05) is 29.8 Å². The molecule has 0 unspecified atom stereocenters. The Morgan fingerprint density at radius 1 is 1.19 bits per heavy atom. The summed E-state index contributed by atoms with van der Waals surface area (Å²) in [7, 11) is 0. The molecule has 2 aromatic rings. The van der Waals surface area contributed by atoms with Crippen molar-refractivity contribution in [3.8, 4) is 11.1 Å². The summed E-state index contributed by atoms with van der Waals surface area (Å²) >= 11 is 1.53. The van der Waals surface area contributed by atoms with E-state index in [1.165, 1.54) is 16.9 Å². The Kier molecular flexibility index (Phi) is 4.08. The SMILES string of the molecule is Cc1ccc(-c2ccsc2C(=O)N2CCC(N)CC2)cc1. The summed E-state index contributed by atoms with van der Waals surface area (Å²) in [6.45, 7) is 3.61. The number of carbonyl (C=O) groups is 1.